The number of ether oxygens (including phenoxy) is 2. The van der Waals surface area contributed by atoms with Crippen LogP contribution in [0.3, 0.4) is 0 Å². The maximum atomic E-state index is 11.6. The van der Waals surface area contributed by atoms with Crippen LogP contribution in [0.1, 0.15) is 19.4 Å². The number of para-hydroxylation sites is 1. The molecule has 0 saturated heterocycles. The number of hydrogen-bond acceptors (Lipinski definition) is 4. The molecule has 0 saturated carbocycles. The molecule has 170 valence electrons. The third kappa shape index (κ3) is 10.4. The molecule has 2 rings (SSSR count). The number of amides is 1. The molecule has 0 atom stereocenters. The number of rotatable bonds is 11. The molecule has 0 bridgehead atoms. The summed E-state index contributed by atoms with van der Waals surface area (Å²) in [7, 11) is 1.99. The van der Waals surface area contributed by atoms with Crippen LogP contribution in [-0.4, -0.2) is 56.7 Å². The predicted octanol–water partition coefficient (Wildman–Crippen LogP) is 3.30. The van der Waals surface area contributed by atoms with Crippen molar-refractivity contribution < 1.29 is 14.3 Å². The molecule has 0 fully saturated rings. The van der Waals surface area contributed by atoms with Crippen LogP contribution >= 0.6 is 24.0 Å². The van der Waals surface area contributed by atoms with E-state index in [9.17, 15) is 4.79 Å². The lowest BCUT2D eigenvalue weighted by Gasteiger charge is -2.22. The zero-order valence-corrected chi connectivity index (χ0v) is 20.8. The van der Waals surface area contributed by atoms with Gasteiger partial charge in [-0.3, -0.25) is 4.79 Å². The summed E-state index contributed by atoms with van der Waals surface area (Å²) in [4.78, 5) is 18.3. The van der Waals surface area contributed by atoms with Crippen LogP contribution in [0.2, 0.25) is 0 Å². The van der Waals surface area contributed by atoms with E-state index in [1.54, 1.807) is 0 Å². The number of halogens is 1. The van der Waals surface area contributed by atoms with E-state index in [1.807, 2.05) is 80.4 Å². The summed E-state index contributed by atoms with van der Waals surface area (Å²) in [5.74, 6) is 2.19. The Kier molecular flexibility index (Phi) is 13.1. The molecule has 2 N–H and O–H groups in total. The van der Waals surface area contributed by atoms with Crippen LogP contribution in [0, 0.1) is 0 Å². The van der Waals surface area contributed by atoms with Crippen LogP contribution in [0.5, 0.6) is 11.5 Å². The molecule has 0 radical (unpaired) electrons. The minimum absolute atomic E-state index is 0. The molecule has 2 aromatic carbocycles. The van der Waals surface area contributed by atoms with E-state index in [2.05, 4.69) is 10.6 Å². The molecular weight excluding hydrogens is 507 g/mol. The van der Waals surface area contributed by atoms with Gasteiger partial charge in [0.15, 0.2) is 12.6 Å². The van der Waals surface area contributed by atoms with Crippen LogP contribution < -0.4 is 20.1 Å². The Bertz CT molecular complexity index is 802. The van der Waals surface area contributed by atoms with E-state index < -0.39 is 0 Å². The first-order chi connectivity index (χ1) is 14.6. The van der Waals surface area contributed by atoms with Gasteiger partial charge in [0.1, 0.15) is 18.1 Å². The monoisotopic (exact) mass is 540 g/mol. The fraction of sp³-hybridized carbons (Fsp3) is 0.391. The summed E-state index contributed by atoms with van der Waals surface area (Å²) < 4.78 is 11.3. The maximum Gasteiger partial charge on any atom is 0.257 e. The molecule has 0 heterocycles. The van der Waals surface area contributed by atoms with Crippen molar-refractivity contribution in [1.29, 1.82) is 0 Å². The standard InChI is InChI=1S/C23H32N4O3.HI/c1-4-24-22(28)18-30-21-13-9-10-19(16-21)17-26-23(25-5-2)27(3)14-15-29-20-11-7-6-8-12-20;/h6-13,16H,4-5,14-15,17-18H2,1-3H3,(H,24,28)(H,25,26);1H. The van der Waals surface area contributed by atoms with E-state index in [0.717, 1.165) is 23.8 Å². The summed E-state index contributed by atoms with van der Waals surface area (Å²) in [5, 5.41) is 6.02. The number of nitrogens with zero attached hydrogens (tertiary/aromatic N) is 2. The lowest BCUT2D eigenvalue weighted by molar-refractivity contribution is -0.122. The van der Waals surface area contributed by atoms with Crippen molar-refractivity contribution in [3.63, 3.8) is 0 Å². The van der Waals surface area contributed by atoms with Crippen molar-refractivity contribution >= 4 is 35.8 Å². The largest absolute Gasteiger partial charge is 0.492 e. The molecule has 8 heteroatoms. The number of nitrogens with one attached hydrogen (secondary N) is 2. The third-order valence-electron chi connectivity index (χ3n) is 4.19. The Labute approximate surface area is 202 Å². The van der Waals surface area contributed by atoms with Crippen LogP contribution in [-0.2, 0) is 11.3 Å². The van der Waals surface area contributed by atoms with Gasteiger partial charge in [-0.15, -0.1) is 24.0 Å². The number of hydrogen-bond donors (Lipinski definition) is 2. The van der Waals surface area contributed by atoms with Gasteiger partial charge in [0.2, 0.25) is 0 Å². The van der Waals surface area contributed by atoms with Gasteiger partial charge in [0.25, 0.3) is 5.91 Å². The minimum Gasteiger partial charge on any atom is -0.492 e. The van der Waals surface area contributed by atoms with Crippen molar-refractivity contribution in [3.8, 4) is 11.5 Å². The first kappa shape index (κ1) is 26.5. The Balaban J connectivity index is 0.00000480. The Morgan fingerprint density at radius 1 is 0.968 bits per heavy atom. The second-order valence-corrected chi connectivity index (χ2v) is 6.64. The van der Waals surface area contributed by atoms with Gasteiger partial charge >= 0.3 is 0 Å². The summed E-state index contributed by atoms with van der Waals surface area (Å²) in [5.41, 5.74) is 1.01. The molecule has 2 aromatic rings. The van der Waals surface area contributed by atoms with Crippen molar-refractivity contribution in [3.05, 3.63) is 60.2 Å². The maximum absolute atomic E-state index is 11.6. The topological polar surface area (TPSA) is 75.2 Å². The highest BCUT2D eigenvalue weighted by Crippen LogP contribution is 2.14. The summed E-state index contributed by atoms with van der Waals surface area (Å²) in [6, 6.07) is 17.4. The van der Waals surface area contributed by atoms with Gasteiger partial charge in [-0.25, -0.2) is 4.99 Å². The smallest absolute Gasteiger partial charge is 0.257 e. The zero-order valence-electron chi connectivity index (χ0n) is 18.5. The molecule has 0 spiro atoms. The minimum atomic E-state index is -0.130. The lowest BCUT2D eigenvalue weighted by atomic mass is 10.2. The Hall–Kier alpha value is -2.49. The molecule has 31 heavy (non-hydrogen) atoms. The third-order valence-corrected chi connectivity index (χ3v) is 4.19. The van der Waals surface area contributed by atoms with Crippen molar-refractivity contribution in [2.45, 2.75) is 20.4 Å². The van der Waals surface area contributed by atoms with E-state index in [1.165, 1.54) is 0 Å². The van der Waals surface area contributed by atoms with Crippen molar-refractivity contribution in [1.82, 2.24) is 15.5 Å². The highest BCUT2D eigenvalue weighted by Gasteiger charge is 2.07. The molecule has 0 aliphatic rings. The van der Waals surface area contributed by atoms with Crippen LogP contribution in [0.25, 0.3) is 0 Å². The summed E-state index contributed by atoms with van der Waals surface area (Å²) in [6.45, 7) is 7.07. The van der Waals surface area contributed by atoms with Gasteiger partial charge in [0, 0.05) is 20.1 Å². The highest BCUT2D eigenvalue weighted by atomic mass is 127. The normalized spacial score (nSPS) is 10.6. The van der Waals surface area contributed by atoms with Gasteiger partial charge in [-0.2, -0.15) is 0 Å². The predicted molar refractivity (Wildman–Crippen MR) is 135 cm³/mol. The van der Waals surface area contributed by atoms with Crippen molar-refractivity contribution in [2.75, 3.05) is 39.9 Å². The van der Waals surface area contributed by atoms with E-state index in [4.69, 9.17) is 14.5 Å². The first-order valence-electron chi connectivity index (χ1n) is 10.3. The molecule has 0 aliphatic carbocycles. The molecule has 0 aliphatic heterocycles. The fourth-order valence-corrected chi connectivity index (χ4v) is 2.69. The quantitative estimate of drug-likeness (QED) is 0.260. The number of carbonyl (C=O) groups is 1. The van der Waals surface area contributed by atoms with E-state index in [-0.39, 0.29) is 36.5 Å². The molecular formula is C23H33IN4O3. The lowest BCUT2D eigenvalue weighted by Crippen LogP contribution is -2.40. The van der Waals surface area contributed by atoms with Gasteiger partial charge in [0.05, 0.1) is 13.1 Å². The SMILES string of the molecule is CCNC(=O)COc1cccc(CN=C(NCC)N(C)CCOc2ccccc2)c1.I. The number of benzene rings is 2. The average Bonchev–Trinajstić information content (AvgIpc) is 2.76. The Morgan fingerprint density at radius 2 is 1.68 bits per heavy atom. The molecule has 7 nitrogen and oxygen atoms in total. The summed E-state index contributed by atoms with van der Waals surface area (Å²) in [6.07, 6.45) is 0. The van der Waals surface area contributed by atoms with Gasteiger partial charge in [-0.05, 0) is 43.7 Å². The van der Waals surface area contributed by atoms with Crippen molar-refractivity contribution in [2.24, 2.45) is 4.99 Å². The second-order valence-electron chi connectivity index (χ2n) is 6.64. The number of guanidine groups is 1. The Morgan fingerprint density at radius 3 is 2.39 bits per heavy atom. The second kappa shape index (κ2) is 15.3. The number of carbonyl (C=O) groups excluding carboxylic acids is 1. The first-order valence-corrected chi connectivity index (χ1v) is 10.3. The highest BCUT2D eigenvalue weighted by molar-refractivity contribution is 14.0. The number of aliphatic imine (C=N–C) groups is 1. The van der Waals surface area contributed by atoms with Crippen LogP contribution in [0.15, 0.2) is 59.6 Å². The molecule has 1 amide bonds. The van der Waals surface area contributed by atoms with Gasteiger partial charge < -0.3 is 25.0 Å². The summed E-state index contributed by atoms with van der Waals surface area (Å²) >= 11 is 0. The number of likely N-dealkylation sites (N-methyl/N-ethyl adjacent to an activating group) is 2. The molecule has 0 unspecified atom stereocenters. The van der Waals surface area contributed by atoms with Gasteiger partial charge in [-0.1, -0.05) is 30.3 Å². The average molecular weight is 540 g/mol. The van der Waals surface area contributed by atoms with E-state index in [0.29, 0.717) is 32.0 Å². The fourth-order valence-electron chi connectivity index (χ4n) is 2.69. The molecule has 0 aromatic heterocycles. The van der Waals surface area contributed by atoms with Crippen LogP contribution in [0.4, 0.5) is 0 Å². The zero-order chi connectivity index (χ0) is 21.6. The van der Waals surface area contributed by atoms with E-state index >= 15 is 0 Å².